The Kier molecular flexibility index (Phi) is 4.32. The van der Waals surface area contributed by atoms with Gasteiger partial charge in [0.25, 0.3) is 0 Å². The molecule has 1 N–H and O–H groups in total. The van der Waals surface area contributed by atoms with Crippen LogP contribution in [0.25, 0.3) is 11.0 Å². The highest BCUT2D eigenvalue weighted by Gasteiger charge is 2.20. The topological polar surface area (TPSA) is 71.7 Å². The normalized spacial score (nSPS) is 16.2. The van der Waals surface area contributed by atoms with Crippen molar-refractivity contribution in [1.82, 2.24) is 5.43 Å². The first-order valence-electron chi connectivity index (χ1n) is 7.59. The standard InChI is InChI=1S/C17H18N2O3/c20-16-13(11-22-15-9-5-4-8-14(15)16)10-18-19-17(21)12-6-2-1-3-7-12/h4-5,8-12H,1-3,6-7H2,(H,19,21)/b18-10-. The summed E-state index contributed by atoms with van der Waals surface area (Å²) in [6.07, 6.45) is 7.93. The molecule has 1 amide bonds. The lowest BCUT2D eigenvalue weighted by molar-refractivity contribution is -0.125. The van der Waals surface area contributed by atoms with E-state index in [0.717, 1.165) is 25.7 Å². The van der Waals surface area contributed by atoms with Gasteiger partial charge in [-0.25, -0.2) is 5.43 Å². The van der Waals surface area contributed by atoms with Gasteiger partial charge in [-0.05, 0) is 25.0 Å². The summed E-state index contributed by atoms with van der Waals surface area (Å²) in [4.78, 5) is 24.2. The van der Waals surface area contributed by atoms with E-state index >= 15 is 0 Å². The van der Waals surface area contributed by atoms with Gasteiger partial charge in [-0.15, -0.1) is 0 Å². The van der Waals surface area contributed by atoms with Crippen molar-refractivity contribution in [2.45, 2.75) is 32.1 Å². The van der Waals surface area contributed by atoms with Gasteiger partial charge in [-0.1, -0.05) is 31.4 Å². The number of amides is 1. The van der Waals surface area contributed by atoms with Crippen molar-refractivity contribution < 1.29 is 9.21 Å². The molecule has 0 aliphatic heterocycles. The van der Waals surface area contributed by atoms with Crippen LogP contribution in [0.4, 0.5) is 0 Å². The van der Waals surface area contributed by atoms with E-state index in [4.69, 9.17) is 4.42 Å². The molecule has 22 heavy (non-hydrogen) atoms. The Morgan fingerprint density at radius 3 is 2.82 bits per heavy atom. The molecule has 0 atom stereocenters. The van der Waals surface area contributed by atoms with E-state index in [1.54, 1.807) is 18.2 Å². The predicted molar refractivity (Wildman–Crippen MR) is 84.8 cm³/mol. The van der Waals surface area contributed by atoms with Gasteiger partial charge < -0.3 is 4.42 Å². The summed E-state index contributed by atoms with van der Waals surface area (Å²) in [5.41, 5.74) is 3.23. The third-order valence-electron chi connectivity index (χ3n) is 4.06. The molecule has 114 valence electrons. The Morgan fingerprint density at radius 2 is 2.00 bits per heavy atom. The molecule has 0 spiro atoms. The van der Waals surface area contributed by atoms with Gasteiger partial charge in [0.1, 0.15) is 11.8 Å². The van der Waals surface area contributed by atoms with Crippen LogP contribution in [-0.2, 0) is 4.79 Å². The Balaban J connectivity index is 1.71. The summed E-state index contributed by atoms with van der Waals surface area (Å²) in [5.74, 6) is -0.0277. The molecule has 0 unspecified atom stereocenters. The molecular formula is C17H18N2O3. The smallest absolute Gasteiger partial charge is 0.243 e. The van der Waals surface area contributed by atoms with Gasteiger partial charge in [-0.3, -0.25) is 9.59 Å². The van der Waals surface area contributed by atoms with Gasteiger partial charge >= 0.3 is 0 Å². The molecule has 5 nitrogen and oxygen atoms in total. The first-order chi connectivity index (χ1) is 10.8. The minimum Gasteiger partial charge on any atom is -0.463 e. The van der Waals surface area contributed by atoms with Crippen LogP contribution in [0.3, 0.4) is 0 Å². The summed E-state index contributed by atoms with van der Waals surface area (Å²) >= 11 is 0. The second-order valence-corrected chi connectivity index (χ2v) is 5.59. The minimum absolute atomic E-state index is 0.0407. The number of fused-ring (bicyclic) bond motifs is 1. The molecule has 1 aromatic carbocycles. The molecule has 1 aromatic heterocycles. The zero-order chi connectivity index (χ0) is 15.4. The number of hydrogen-bond donors (Lipinski definition) is 1. The summed E-state index contributed by atoms with van der Waals surface area (Å²) in [6.45, 7) is 0. The number of nitrogens with one attached hydrogen (secondary N) is 1. The maximum atomic E-state index is 12.2. The third-order valence-corrected chi connectivity index (χ3v) is 4.06. The van der Waals surface area contributed by atoms with Crippen molar-refractivity contribution in [1.29, 1.82) is 0 Å². The zero-order valence-electron chi connectivity index (χ0n) is 12.2. The van der Waals surface area contributed by atoms with Gasteiger partial charge in [0, 0.05) is 5.92 Å². The lowest BCUT2D eigenvalue weighted by Gasteiger charge is -2.19. The summed E-state index contributed by atoms with van der Waals surface area (Å²) in [6, 6.07) is 7.04. The summed E-state index contributed by atoms with van der Waals surface area (Å²) < 4.78 is 5.39. The molecule has 0 radical (unpaired) electrons. The molecule has 5 heteroatoms. The average molecular weight is 298 g/mol. The Labute approximate surface area is 128 Å². The van der Waals surface area contributed by atoms with Crippen LogP contribution in [0.1, 0.15) is 37.7 Å². The molecular weight excluding hydrogens is 280 g/mol. The first kappa shape index (κ1) is 14.5. The summed E-state index contributed by atoms with van der Waals surface area (Å²) in [5, 5.41) is 4.40. The van der Waals surface area contributed by atoms with E-state index in [2.05, 4.69) is 10.5 Å². The zero-order valence-corrected chi connectivity index (χ0v) is 12.2. The fourth-order valence-electron chi connectivity index (χ4n) is 2.80. The number of nitrogens with zero attached hydrogens (tertiary/aromatic N) is 1. The van der Waals surface area contributed by atoms with E-state index in [-0.39, 0.29) is 17.3 Å². The van der Waals surface area contributed by atoms with Gasteiger partial charge in [0.2, 0.25) is 11.3 Å². The Morgan fingerprint density at radius 1 is 1.23 bits per heavy atom. The van der Waals surface area contributed by atoms with Crippen molar-refractivity contribution >= 4 is 23.1 Å². The maximum absolute atomic E-state index is 12.2. The lowest BCUT2D eigenvalue weighted by atomic mass is 9.89. The fraction of sp³-hybridized carbons (Fsp3) is 0.353. The quantitative estimate of drug-likeness (QED) is 0.699. The second kappa shape index (κ2) is 6.56. The number of rotatable bonds is 3. The average Bonchev–Trinajstić information content (AvgIpc) is 2.58. The molecule has 2 aromatic rings. The Hall–Kier alpha value is -2.43. The van der Waals surface area contributed by atoms with Crippen LogP contribution in [0.15, 0.2) is 44.8 Å². The van der Waals surface area contributed by atoms with Crippen molar-refractivity contribution in [3.63, 3.8) is 0 Å². The molecule has 0 bridgehead atoms. The number of benzene rings is 1. The van der Waals surface area contributed by atoms with Crippen LogP contribution >= 0.6 is 0 Å². The molecule has 0 saturated heterocycles. The Bertz CT molecular complexity index is 758. The monoisotopic (exact) mass is 298 g/mol. The van der Waals surface area contributed by atoms with Gasteiger partial charge in [-0.2, -0.15) is 5.10 Å². The largest absolute Gasteiger partial charge is 0.463 e. The number of carbonyl (C=O) groups excluding carboxylic acids is 1. The number of carbonyl (C=O) groups is 1. The first-order valence-corrected chi connectivity index (χ1v) is 7.59. The van der Waals surface area contributed by atoms with Crippen molar-refractivity contribution in [2.75, 3.05) is 0 Å². The van der Waals surface area contributed by atoms with Gasteiger partial charge in [0.05, 0.1) is 17.2 Å². The van der Waals surface area contributed by atoms with E-state index in [1.807, 2.05) is 6.07 Å². The molecule has 1 aliphatic rings. The highest BCUT2D eigenvalue weighted by molar-refractivity contribution is 5.87. The van der Waals surface area contributed by atoms with Gasteiger partial charge in [0.15, 0.2) is 0 Å². The fourth-order valence-corrected chi connectivity index (χ4v) is 2.80. The highest BCUT2D eigenvalue weighted by atomic mass is 16.3. The van der Waals surface area contributed by atoms with Crippen molar-refractivity contribution in [3.05, 3.63) is 46.3 Å². The van der Waals surface area contributed by atoms with Crippen LogP contribution in [0, 0.1) is 5.92 Å². The van der Waals surface area contributed by atoms with Crippen LogP contribution in [0.5, 0.6) is 0 Å². The summed E-state index contributed by atoms with van der Waals surface area (Å²) in [7, 11) is 0. The highest BCUT2D eigenvalue weighted by Crippen LogP contribution is 2.23. The molecule has 1 saturated carbocycles. The van der Waals surface area contributed by atoms with Crippen LogP contribution in [-0.4, -0.2) is 12.1 Å². The lowest BCUT2D eigenvalue weighted by Crippen LogP contribution is -2.28. The van der Waals surface area contributed by atoms with Crippen LogP contribution in [0.2, 0.25) is 0 Å². The SMILES string of the molecule is O=C(N/N=C\c1coc2ccccc2c1=O)C1CCCCC1. The molecule has 3 rings (SSSR count). The van der Waals surface area contributed by atoms with Crippen molar-refractivity contribution in [3.8, 4) is 0 Å². The minimum atomic E-state index is -0.155. The van der Waals surface area contributed by atoms with E-state index in [1.165, 1.54) is 18.9 Å². The number of para-hydroxylation sites is 1. The van der Waals surface area contributed by atoms with E-state index in [9.17, 15) is 9.59 Å². The molecule has 1 aliphatic carbocycles. The maximum Gasteiger partial charge on any atom is 0.243 e. The number of hydrogen-bond acceptors (Lipinski definition) is 4. The predicted octanol–water partition coefficient (Wildman–Crippen LogP) is 2.82. The molecule has 1 heterocycles. The second-order valence-electron chi connectivity index (χ2n) is 5.59. The van der Waals surface area contributed by atoms with Crippen LogP contribution < -0.4 is 10.9 Å². The van der Waals surface area contributed by atoms with E-state index in [0.29, 0.717) is 16.5 Å². The number of hydrazone groups is 1. The third kappa shape index (κ3) is 3.08. The van der Waals surface area contributed by atoms with E-state index < -0.39 is 0 Å². The van der Waals surface area contributed by atoms with Crippen molar-refractivity contribution in [2.24, 2.45) is 11.0 Å². The molecule has 1 fully saturated rings.